The highest BCUT2D eigenvalue weighted by Gasteiger charge is 2.27. The molecule has 1 aliphatic rings. The van der Waals surface area contributed by atoms with Gasteiger partial charge in [-0.2, -0.15) is 10.4 Å². The Morgan fingerprint density at radius 3 is 2.71 bits per heavy atom. The number of anilines is 1. The molecule has 1 unspecified atom stereocenters. The van der Waals surface area contributed by atoms with Crippen molar-refractivity contribution in [2.75, 3.05) is 18.0 Å². The van der Waals surface area contributed by atoms with E-state index in [0.717, 1.165) is 43.5 Å². The zero-order chi connectivity index (χ0) is 15.4. The second kappa shape index (κ2) is 6.66. The van der Waals surface area contributed by atoms with Crippen molar-refractivity contribution < 1.29 is 4.79 Å². The van der Waals surface area contributed by atoms with Crippen molar-refractivity contribution in [2.45, 2.75) is 46.5 Å². The average Bonchev–Trinajstić information content (AvgIpc) is 2.53. The maximum Gasteiger partial charge on any atom is 0.169 e. The standard InChI is InChI=1S/C16H22N4O/c1-4-13-14(9-17)16(19-18-15(13)5-2)20-8-6-7-12(10-20)11(3)21/h12H,4-8,10H2,1-3H3. The Morgan fingerprint density at radius 2 is 2.14 bits per heavy atom. The molecule has 1 atom stereocenters. The predicted octanol–water partition coefficient (Wildman–Crippen LogP) is 2.28. The van der Waals surface area contributed by atoms with Crippen LogP contribution in [0.25, 0.3) is 0 Å². The summed E-state index contributed by atoms with van der Waals surface area (Å²) >= 11 is 0. The van der Waals surface area contributed by atoms with Crippen molar-refractivity contribution in [3.05, 3.63) is 16.8 Å². The molecular weight excluding hydrogens is 264 g/mol. The Labute approximate surface area is 126 Å². The highest BCUT2D eigenvalue weighted by atomic mass is 16.1. The number of hydrogen-bond donors (Lipinski definition) is 0. The van der Waals surface area contributed by atoms with Gasteiger partial charge >= 0.3 is 0 Å². The Kier molecular flexibility index (Phi) is 4.89. The molecule has 0 spiro atoms. The van der Waals surface area contributed by atoms with Crippen LogP contribution in [0.5, 0.6) is 0 Å². The Bertz CT molecular complexity index is 576. The predicted molar refractivity (Wildman–Crippen MR) is 81.1 cm³/mol. The molecule has 1 aromatic heterocycles. The SMILES string of the molecule is CCc1nnc(N2CCCC(C(C)=O)C2)c(C#N)c1CC. The van der Waals surface area contributed by atoms with E-state index in [1.54, 1.807) is 6.92 Å². The summed E-state index contributed by atoms with van der Waals surface area (Å²) in [6.07, 6.45) is 3.43. The second-order valence-corrected chi connectivity index (χ2v) is 5.54. The van der Waals surface area contributed by atoms with Crippen LogP contribution in [0.2, 0.25) is 0 Å². The zero-order valence-corrected chi connectivity index (χ0v) is 13.0. The van der Waals surface area contributed by atoms with E-state index in [1.807, 2.05) is 13.8 Å². The lowest BCUT2D eigenvalue weighted by Crippen LogP contribution is -2.39. The number of aromatic nitrogens is 2. The first kappa shape index (κ1) is 15.4. The molecule has 1 fully saturated rings. The van der Waals surface area contributed by atoms with Gasteiger partial charge in [0.25, 0.3) is 0 Å². The van der Waals surface area contributed by atoms with Crippen molar-refractivity contribution in [1.29, 1.82) is 5.26 Å². The van der Waals surface area contributed by atoms with Gasteiger partial charge in [0, 0.05) is 19.0 Å². The van der Waals surface area contributed by atoms with Crippen molar-refractivity contribution in [2.24, 2.45) is 5.92 Å². The van der Waals surface area contributed by atoms with E-state index in [0.29, 0.717) is 17.9 Å². The molecule has 1 aromatic rings. The van der Waals surface area contributed by atoms with E-state index in [1.165, 1.54) is 0 Å². The van der Waals surface area contributed by atoms with E-state index >= 15 is 0 Å². The third kappa shape index (κ3) is 3.05. The van der Waals surface area contributed by atoms with E-state index in [9.17, 15) is 10.1 Å². The largest absolute Gasteiger partial charge is 0.353 e. The highest BCUT2D eigenvalue weighted by molar-refractivity contribution is 5.79. The third-order valence-corrected chi connectivity index (χ3v) is 4.24. The molecule has 0 radical (unpaired) electrons. The Hall–Kier alpha value is -1.96. The summed E-state index contributed by atoms with van der Waals surface area (Å²) in [5.74, 6) is 0.910. The van der Waals surface area contributed by atoms with Gasteiger partial charge in [0.2, 0.25) is 0 Å². The lowest BCUT2D eigenvalue weighted by atomic mass is 9.94. The Balaban J connectivity index is 2.40. The van der Waals surface area contributed by atoms with Crippen LogP contribution in [0.15, 0.2) is 0 Å². The first-order valence-corrected chi connectivity index (χ1v) is 7.66. The maximum atomic E-state index is 11.6. The van der Waals surface area contributed by atoms with Crippen LogP contribution in [0, 0.1) is 17.2 Å². The number of nitrogens with zero attached hydrogens (tertiary/aromatic N) is 4. The number of hydrogen-bond acceptors (Lipinski definition) is 5. The summed E-state index contributed by atoms with van der Waals surface area (Å²) in [7, 11) is 0. The summed E-state index contributed by atoms with van der Waals surface area (Å²) in [6, 6.07) is 2.30. The van der Waals surface area contributed by atoms with Crippen LogP contribution < -0.4 is 4.90 Å². The fourth-order valence-corrected chi connectivity index (χ4v) is 3.00. The van der Waals surface area contributed by atoms with Crippen molar-refractivity contribution in [3.63, 3.8) is 0 Å². The number of ketones is 1. The number of aryl methyl sites for hydroxylation is 1. The minimum absolute atomic E-state index is 0.0445. The van der Waals surface area contributed by atoms with Gasteiger partial charge in [0.15, 0.2) is 5.82 Å². The lowest BCUT2D eigenvalue weighted by Gasteiger charge is -2.33. The molecule has 0 saturated carbocycles. The molecule has 21 heavy (non-hydrogen) atoms. The minimum Gasteiger partial charge on any atom is -0.353 e. The average molecular weight is 286 g/mol. The highest BCUT2D eigenvalue weighted by Crippen LogP contribution is 2.27. The number of carbonyl (C=O) groups excluding carboxylic acids is 1. The van der Waals surface area contributed by atoms with E-state index in [2.05, 4.69) is 21.2 Å². The van der Waals surface area contributed by atoms with E-state index in [-0.39, 0.29) is 11.7 Å². The molecule has 5 heteroatoms. The van der Waals surface area contributed by atoms with Crippen molar-refractivity contribution in [1.82, 2.24) is 10.2 Å². The molecular formula is C16H22N4O. The molecule has 112 valence electrons. The van der Waals surface area contributed by atoms with Gasteiger partial charge in [0.1, 0.15) is 17.4 Å². The number of nitriles is 1. The molecule has 0 N–H and O–H groups in total. The molecule has 2 rings (SSSR count). The fraction of sp³-hybridized carbons (Fsp3) is 0.625. The Morgan fingerprint density at radius 1 is 1.38 bits per heavy atom. The third-order valence-electron chi connectivity index (χ3n) is 4.24. The van der Waals surface area contributed by atoms with E-state index in [4.69, 9.17) is 0 Å². The first-order chi connectivity index (χ1) is 10.1. The van der Waals surface area contributed by atoms with Gasteiger partial charge in [-0.3, -0.25) is 4.79 Å². The van der Waals surface area contributed by atoms with E-state index < -0.39 is 0 Å². The number of piperidine rings is 1. The summed E-state index contributed by atoms with van der Waals surface area (Å²) < 4.78 is 0. The molecule has 5 nitrogen and oxygen atoms in total. The summed E-state index contributed by atoms with van der Waals surface area (Å²) in [6.45, 7) is 7.18. The smallest absolute Gasteiger partial charge is 0.169 e. The molecule has 2 heterocycles. The zero-order valence-electron chi connectivity index (χ0n) is 13.0. The molecule has 0 aromatic carbocycles. The monoisotopic (exact) mass is 286 g/mol. The number of carbonyl (C=O) groups is 1. The van der Waals surface area contributed by atoms with Gasteiger partial charge in [0.05, 0.1) is 5.69 Å². The lowest BCUT2D eigenvalue weighted by molar-refractivity contribution is -0.120. The first-order valence-electron chi connectivity index (χ1n) is 7.66. The fourth-order valence-electron chi connectivity index (χ4n) is 3.00. The summed E-state index contributed by atoms with van der Waals surface area (Å²) in [4.78, 5) is 13.7. The summed E-state index contributed by atoms with van der Waals surface area (Å²) in [5, 5.41) is 18.1. The number of Topliss-reactive ketones (excluding diaryl/α,β-unsaturated/α-hetero) is 1. The minimum atomic E-state index is 0.0445. The van der Waals surface area contributed by atoms with Crippen molar-refractivity contribution >= 4 is 11.6 Å². The van der Waals surface area contributed by atoms with Gasteiger partial charge < -0.3 is 4.90 Å². The van der Waals surface area contributed by atoms with Gasteiger partial charge in [-0.05, 0) is 38.2 Å². The van der Waals surface area contributed by atoms with Gasteiger partial charge in [-0.15, -0.1) is 5.10 Å². The van der Waals surface area contributed by atoms with Gasteiger partial charge in [-0.1, -0.05) is 13.8 Å². The van der Waals surface area contributed by atoms with Crippen LogP contribution in [0.4, 0.5) is 5.82 Å². The summed E-state index contributed by atoms with van der Waals surface area (Å²) in [5.41, 5.74) is 2.53. The second-order valence-electron chi connectivity index (χ2n) is 5.54. The maximum absolute atomic E-state index is 11.6. The van der Waals surface area contributed by atoms with Crippen LogP contribution in [0.3, 0.4) is 0 Å². The molecule has 0 bridgehead atoms. The molecule has 0 aliphatic carbocycles. The van der Waals surface area contributed by atoms with Crippen molar-refractivity contribution in [3.8, 4) is 6.07 Å². The van der Waals surface area contributed by atoms with Gasteiger partial charge in [-0.25, -0.2) is 0 Å². The van der Waals surface area contributed by atoms with Crippen LogP contribution >= 0.6 is 0 Å². The molecule has 0 amide bonds. The molecule has 1 aliphatic heterocycles. The number of rotatable bonds is 4. The quantitative estimate of drug-likeness (QED) is 0.849. The van der Waals surface area contributed by atoms with Crippen LogP contribution in [0.1, 0.15) is 50.4 Å². The van der Waals surface area contributed by atoms with Crippen LogP contribution in [-0.2, 0) is 17.6 Å². The van der Waals surface area contributed by atoms with Crippen LogP contribution in [-0.4, -0.2) is 29.1 Å². The molecule has 1 saturated heterocycles. The topological polar surface area (TPSA) is 69.9 Å². The normalized spacial score (nSPS) is 18.4.